The number of hydrogen-bond donors (Lipinski definition) is 3. The Hall–Kier alpha value is -1.30. The lowest BCUT2D eigenvalue weighted by molar-refractivity contribution is -0.128. The van der Waals surface area contributed by atoms with Crippen molar-refractivity contribution in [2.45, 2.75) is 51.4 Å². The molecule has 4 N–H and O–H groups in total. The number of likely N-dealkylation sites (tertiary alicyclic amines) is 1. The molecule has 0 atom stereocenters. The first-order chi connectivity index (χ1) is 10.2. The van der Waals surface area contributed by atoms with Crippen LogP contribution in [-0.4, -0.2) is 48.0 Å². The predicted octanol–water partition coefficient (Wildman–Crippen LogP) is 1.29. The highest BCUT2D eigenvalue weighted by Crippen LogP contribution is 2.35. The van der Waals surface area contributed by atoms with Gasteiger partial charge in [-0.2, -0.15) is 0 Å². The summed E-state index contributed by atoms with van der Waals surface area (Å²) in [7, 11) is 0. The third kappa shape index (κ3) is 3.87. The average molecular weight is 296 g/mol. The highest BCUT2D eigenvalue weighted by molar-refractivity contribution is 6.06. The lowest BCUT2D eigenvalue weighted by atomic mass is 9.78. The number of nitrogens with two attached hydrogens (primary N) is 1. The van der Waals surface area contributed by atoms with E-state index in [2.05, 4.69) is 15.4 Å². The molecular formula is C15H28N4O2. The van der Waals surface area contributed by atoms with Crippen molar-refractivity contribution in [3.05, 3.63) is 0 Å². The summed E-state index contributed by atoms with van der Waals surface area (Å²) in [5.74, 6) is 0.00182. The van der Waals surface area contributed by atoms with Crippen molar-refractivity contribution in [3.8, 4) is 0 Å². The smallest absolute Gasteiger partial charge is 0.233 e. The second kappa shape index (κ2) is 7.64. The number of carbonyl (C=O) groups excluding carboxylic acids is 1. The Bertz CT molecular complexity index is 370. The van der Waals surface area contributed by atoms with Gasteiger partial charge < -0.3 is 21.2 Å². The predicted molar refractivity (Wildman–Crippen MR) is 82.2 cm³/mol. The van der Waals surface area contributed by atoms with Crippen LogP contribution >= 0.6 is 0 Å². The van der Waals surface area contributed by atoms with Crippen LogP contribution in [0.2, 0.25) is 0 Å². The van der Waals surface area contributed by atoms with Crippen molar-refractivity contribution in [2.75, 3.05) is 26.2 Å². The Kier molecular flexibility index (Phi) is 5.85. The lowest BCUT2D eigenvalue weighted by Gasteiger charge is -2.30. The van der Waals surface area contributed by atoms with E-state index in [4.69, 9.17) is 10.9 Å². The number of hydrogen-bond acceptors (Lipinski definition) is 4. The molecule has 2 aliphatic rings. The lowest BCUT2D eigenvalue weighted by Crippen LogP contribution is -2.50. The minimum atomic E-state index is -0.809. The second-order valence-electron chi connectivity index (χ2n) is 6.29. The van der Waals surface area contributed by atoms with Gasteiger partial charge in [0.1, 0.15) is 5.41 Å². The summed E-state index contributed by atoms with van der Waals surface area (Å²) in [6.07, 6.45) is 8.00. The molecule has 1 amide bonds. The number of oxime groups is 1. The Morgan fingerprint density at radius 3 is 2.33 bits per heavy atom. The molecule has 1 heterocycles. The van der Waals surface area contributed by atoms with Gasteiger partial charge in [0.15, 0.2) is 5.84 Å². The quantitative estimate of drug-likeness (QED) is 0.234. The van der Waals surface area contributed by atoms with E-state index >= 15 is 0 Å². The van der Waals surface area contributed by atoms with E-state index in [1.807, 2.05) is 0 Å². The third-order valence-corrected chi connectivity index (χ3v) is 4.90. The van der Waals surface area contributed by atoms with Crippen LogP contribution in [0.5, 0.6) is 0 Å². The molecule has 0 aromatic carbocycles. The summed E-state index contributed by atoms with van der Waals surface area (Å²) in [6, 6.07) is 0. The molecule has 0 aromatic rings. The molecule has 6 heteroatoms. The van der Waals surface area contributed by atoms with Crippen LogP contribution < -0.4 is 11.1 Å². The third-order valence-electron chi connectivity index (χ3n) is 4.90. The number of carbonyl (C=O) groups is 1. The van der Waals surface area contributed by atoms with E-state index in [-0.39, 0.29) is 11.7 Å². The molecule has 2 rings (SSSR count). The minimum Gasteiger partial charge on any atom is -0.409 e. The highest BCUT2D eigenvalue weighted by Gasteiger charge is 2.42. The summed E-state index contributed by atoms with van der Waals surface area (Å²) < 4.78 is 0. The zero-order valence-corrected chi connectivity index (χ0v) is 12.8. The molecule has 0 spiro atoms. The molecule has 1 saturated carbocycles. The van der Waals surface area contributed by atoms with Gasteiger partial charge in [0.2, 0.25) is 5.91 Å². The largest absolute Gasteiger partial charge is 0.409 e. The molecule has 0 aromatic heterocycles. The molecular weight excluding hydrogens is 268 g/mol. The van der Waals surface area contributed by atoms with Crippen LogP contribution in [0.4, 0.5) is 0 Å². The van der Waals surface area contributed by atoms with Gasteiger partial charge in [-0.1, -0.05) is 30.8 Å². The Labute approximate surface area is 126 Å². The van der Waals surface area contributed by atoms with Crippen molar-refractivity contribution >= 4 is 11.7 Å². The summed E-state index contributed by atoms with van der Waals surface area (Å²) in [5, 5.41) is 15.2. The summed E-state index contributed by atoms with van der Waals surface area (Å²) >= 11 is 0. The highest BCUT2D eigenvalue weighted by atomic mass is 16.4. The molecule has 0 radical (unpaired) electrons. The average Bonchev–Trinajstić information content (AvgIpc) is 2.88. The van der Waals surface area contributed by atoms with Gasteiger partial charge in [-0.3, -0.25) is 4.79 Å². The van der Waals surface area contributed by atoms with Crippen molar-refractivity contribution in [2.24, 2.45) is 16.3 Å². The molecule has 1 saturated heterocycles. The van der Waals surface area contributed by atoms with Crippen LogP contribution in [0.25, 0.3) is 0 Å². The maximum absolute atomic E-state index is 12.6. The number of amides is 1. The standard InChI is InChI=1S/C15H28N4O2/c16-13(18-21)15(7-3-1-2-4-8-15)14(20)17-9-12-19-10-5-6-11-19/h21H,1-12H2,(H2,16,18)(H,17,20). The summed E-state index contributed by atoms with van der Waals surface area (Å²) in [4.78, 5) is 15.0. The first-order valence-corrected chi connectivity index (χ1v) is 8.18. The van der Waals surface area contributed by atoms with Crippen molar-refractivity contribution in [3.63, 3.8) is 0 Å². The molecule has 2 fully saturated rings. The first kappa shape index (κ1) is 16.1. The second-order valence-corrected chi connectivity index (χ2v) is 6.29. The fourth-order valence-corrected chi connectivity index (χ4v) is 3.53. The van der Waals surface area contributed by atoms with Gasteiger partial charge in [-0.25, -0.2) is 0 Å². The topological polar surface area (TPSA) is 91.0 Å². The molecule has 1 aliphatic carbocycles. The normalized spacial score (nSPS) is 23.7. The van der Waals surface area contributed by atoms with Gasteiger partial charge in [0.25, 0.3) is 0 Å². The zero-order chi connectivity index (χ0) is 15.1. The van der Waals surface area contributed by atoms with E-state index in [1.54, 1.807) is 0 Å². The van der Waals surface area contributed by atoms with Gasteiger partial charge in [0, 0.05) is 13.1 Å². The maximum Gasteiger partial charge on any atom is 0.233 e. The molecule has 6 nitrogen and oxygen atoms in total. The minimum absolute atomic E-state index is 0.0705. The van der Waals surface area contributed by atoms with E-state index in [9.17, 15) is 4.79 Å². The van der Waals surface area contributed by atoms with Gasteiger partial charge in [-0.05, 0) is 38.8 Å². The van der Waals surface area contributed by atoms with Gasteiger partial charge in [-0.15, -0.1) is 0 Å². The Morgan fingerprint density at radius 2 is 1.76 bits per heavy atom. The van der Waals surface area contributed by atoms with E-state index in [1.165, 1.54) is 12.8 Å². The number of nitrogens with one attached hydrogen (secondary N) is 1. The molecule has 0 bridgehead atoms. The van der Waals surface area contributed by atoms with Crippen LogP contribution in [0.15, 0.2) is 5.16 Å². The number of nitrogens with zero attached hydrogens (tertiary/aromatic N) is 2. The maximum atomic E-state index is 12.6. The molecule has 0 unspecified atom stereocenters. The number of rotatable bonds is 5. The SMILES string of the molecule is NC(=NO)C1(C(=O)NCCN2CCCC2)CCCCCC1. The van der Waals surface area contributed by atoms with E-state index in [0.717, 1.165) is 45.3 Å². The van der Waals surface area contributed by atoms with Crippen LogP contribution in [-0.2, 0) is 4.79 Å². The Morgan fingerprint density at radius 1 is 1.14 bits per heavy atom. The number of amidine groups is 1. The van der Waals surface area contributed by atoms with E-state index in [0.29, 0.717) is 19.4 Å². The molecule has 21 heavy (non-hydrogen) atoms. The van der Waals surface area contributed by atoms with Crippen LogP contribution in [0.1, 0.15) is 51.4 Å². The van der Waals surface area contributed by atoms with Crippen LogP contribution in [0.3, 0.4) is 0 Å². The summed E-state index contributed by atoms with van der Waals surface area (Å²) in [5.41, 5.74) is 5.07. The molecule has 120 valence electrons. The fraction of sp³-hybridized carbons (Fsp3) is 0.867. The monoisotopic (exact) mass is 296 g/mol. The van der Waals surface area contributed by atoms with Crippen molar-refractivity contribution in [1.29, 1.82) is 0 Å². The fourth-order valence-electron chi connectivity index (χ4n) is 3.53. The van der Waals surface area contributed by atoms with Crippen LogP contribution in [0, 0.1) is 5.41 Å². The molecule has 1 aliphatic heterocycles. The van der Waals surface area contributed by atoms with Gasteiger partial charge >= 0.3 is 0 Å². The van der Waals surface area contributed by atoms with Gasteiger partial charge in [0.05, 0.1) is 0 Å². The zero-order valence-electron chi connectivity index (χ0n) is 12.8. The Balaban J connectivity index is 1.93. The van der Waals surface area contributed by atoms with Crippen molar-refractivity contribution < 1.29 is 10.0 Å². The first-order valence-electron chi connectivity index (χ1n) is 8.18. The van der Waals surface area contributed by atoms with Crippen molar-refractivity contribution in [1.82, 2.24) is 10.2 Å². The summed E-state index contributed by atoms with van der Waals surface area (Å²) in [6.45, 7) is 3.78. The van der Waals surface area contributed by atoms with E-state index < -0.39 is 5.41 Å².